The Morgan fingerprint density at radius 2 is 2.00 bits per heavy atom. The monoisotopic (exact) mass is 379 g/mol. The van der Waals surface area contributed by atoms with Gasteiger partial charge in [0.15, 0.2) is 5.76 Å². The van der Waals surface area contributed by atoms with E-state index in [9.17, 15) is 9.59 Å². The highest BCUT2D eigenvalue weighted by atomic mass is 79.9. The molecule has 1 aromatic carbocycles. The molecule has 2 amide bonds. The molecule has 0 atom stereocenters. The van der Waals surface area contributed by atoms with Crippen molar-refractivity contribution in [3.8, 4) is 0 Å². The highest BCUT2D eigenvalue weighted by Crippen LogP contribution is 2.27. The van der Waals surface area contributed by atoms with Crippen LogP contribution in [-0.4, -0.2) is 61.4 Å². The van der Waals surface area contributed by atoms with E-state index in [1.54, 1.807) is 18.0 Å². The van der Waals surface area contributed by atoms with Gasteiger partial charge in [-0.1, -0.05) is 12.1 Å². The van der Waals surface area contributed by atoms with Crippen LogP contribution >= 0.6 is 15.9 Å². The fourth-order valence-corrected chi connectivity index (χ4v) is 3.14. The zero-order valence-corrected chi connectivity index (χ0v) is 14.4. The number of halogens is 1. The van der Waals surface area contributed by atoms with Gasteiger partial charge in [0.1, 0.15) is 5.58 Å². The van der Waals surface area contributed by atoms with E-state index in [0.29, 0.717) is 44.1 Å². The second-order valence-corrected chi connectivity index (χ2v) is 6.36. The van der Waals surface area contributed by atoms with Crippen molar-refractivity contribution in [1.82, 2.24) is 15.1 Å². The molecule has 1 fully saturated rings. The summed E-state index contributed by atoms with van der Waals surface area (Å²) in [5.41, 5.74) is 0.689. The van der Waals surface area contributed by atoms with E-state index in [1.807, 2.05) is 23.1 Å². The lowest BCUT2D eigenvalue weighted by Crippen LogP contribution is -2.50. The molecule has 2 heterocycles. The number of fused-ring (bicyclic) bond motifs is 1. The van der Waals surface area contributed by atoms with Crippen molar-refractivity contribution >= 4 is 38.7 Å². The maximum Gasteiger partial charge on any atom is 0.289 e. The van der Waals surface area contributed by atoms with Crippen molar-refractivity contribution in [2.45, 2.75) is 0 Å². The number of rotatable bonds is 3. The van der Waals surface area contributed by atoms with Crippen LogP contribution in [0.15, 0.2) is 33.2 Å². The number of hydrogen-bond donors (Lipinski definition) is 1. The van der Waals surface area contributed by atoms with Gasteiger partial charge in [0.25, 0.3) is 5.91 Å². The predicted molar refractivity (Wildman–Crippen MR) is 90.3 cm³/mol. The van der Waals surface area contributed by atoms with E-state index >= 15 is 0 Å². The van der Waals surface area contributed by atoms with Crippen LogP contribution < -0.4 is 5.32 Å². The van der Waals surface area contributed by atoms with Gasteiger partial charge < -0.3 is 14.6 Å². The SMILES string of the molecule is CNC(=O)CN1CCN(C(=O)c2cc3cccc(Br)c3o2)CC1. The molecule has 23 heavy (non-hydrogen) atoms. The molecular formula is C16H18BrN3O3. The molecular weight excluding hydrogens is 362 g/mol. The fourth-order valence-electron chi connectivity index (χ4n) is 2.68. The van der Waals surface area contributed by atoms with Gasteiger partial charge in [-0.15, -0.1) is 0 Å². The third-order valence-electron chi connectivity index (χ3n) is 4.01. The Morgan fingerprint density at radius 1 is 1.26 bits per heavy atom. The van der Waals surface area contributed by atoms with Crippen molar-refractivity contribution in [1.29, 1.82) is 0 Å². The number of para-hydroxylation sites is 1. The fraction of sp³-hybridized carbons (Fsp3) is 0.375. The van der Waals surface area contributed by atoms with Crippen molar-refractivity contribution in [3.63, 3.8) is 0 Å². The average Bonchev–Trinajstić information content (AvgIpc) is 3.00. The standard InChI is InChI=1S/C16H18BrN3O3/c1-18-14(21)10-19-5-7-20(8-6-19)16(22)13-9-11-3-2-4-12(17)15(11)23-13/h2-4,9H,5-8,10H2,1H3,(H,18,21). The second kappa shape index (κ2) is 6.72. The molecule has 3 rings (SSSR count). The Kier molecular flexibility index (Phi) is 4.68. The van der Waals surface area contributed by atoms with Crippen LogP contribution in [-0.2, 0) is 4.79 Å². The van der Waals surface area contributed by atoms with Crippen LogP contribution in [0.2, 0.25) is 0 Å². The number of furan rings is 1. The summed E-state index contributed by atoms with van der Waals surface area (Å²) in [6.07, 6.45) is 0. The maximum atomic E-state index is 12.6. The van der Waals surface area contributed by atoms with Gasteiger partial charge in [0.2, 0.25) is 5.91 Å². The molecule has 0 radical (unpaired) electrons. The summed E-state index contributed by atoms with van der Waals surface area (Å²) in [6, 6.07) is 7.49. The van der Waals surface area contributed by atoms with Gasteiger partial charge in [0.05, 0.1) is 11.0 Å². The van der Waals surface area contributed by atoms with Gasteiger partial charge in [-0.25, -0.2) is 0 Å². The van der Waals surface area contributed by atoms with E-state index in [2.05, 4.69) is 21.2 Å². The highest BCUT2D eigenvalue weighted by molar-refractivity contribution is 9.10. The van der Waals surface area contributed by atoms with E-state index < -0.39 is 0 Å². The van der Waals surface area contributed by atoms with Gasteiger partial charge in [-0.2, -0.15) is 0 Å². The average molecular weight is 380 g/mol. The number of hydrogen-bond acceptors (Lipinski definition) is 4. The summed E-state index contributed by atoms with van der Waals surface area (Å²) in [5, 5.41) is 3.52. The third-order valence-corrected chi connectivity index (χ3v) is 4.64. The summed E-state index contributed by atoms with van der Waals surface area (Å²) < 4.78 is 6.54. The summed E-state index contributed by atoms with van der Waals surface area (Å²) in [4.78, 5) is 27.8. The largest absolute Gasteiger partial charge is 0.450 e. The van der Waals surface area contributed by atoms with Gasteiger partial charge >= 0.3 is 0 Å². The lowest BCUT2D eigenvalue weighted by molar-refractivity contribution is -0.122. The number of likely N-dealkylation sites (N-methyl/N-ethyl adjacent to an activating group) is 1. The Hall–Kier alpha value is -1.86. The molecule has 122 valence electrons. The van der Waals surface area contributed by atoms with Crippen molar-refractivity contribution < 1.29 is 14.0 Å². The highest BCUT2D eigenvalue weighted by Gasteiger charge is 2.25. The first-order chi connectivity index (χ1) is 11.1. The Bertz CT molecular complexity index is 735. The molecule has 1 saturated heterocycles. The first-order valence-electron chi connectivity index (χ1n) is 7.49. The number of nitrogens with zero attached hydrogens (tertiary/aromatic N) is 2. The lowest BCUT2D eigenvalue weighted by atomic mass is 10.2. The van der Waals surface area contributed by atoms with E-state index in [1.165, 1.54) is 0 Å². The van der Waals surface area contributed by atoms with Crippen molar-refractivity contribution in [3.05, 3.63) is 34.5 Å². The number of carbonyl (C=O) groups is 2. The Labute approximate surface area is 142 Å². The normalized spacial score (nSPS) is 15.8. The van der Waals surface area contributed by atoms with Crippen LogP contribution in [0.1, 0.15) is 10.6 Å². The molecule has 0 aliphatic carbocycles. The Balaban J connectivity index is 1.67. The van der Waals surface area contributed by atoms with E-state index in [0.717, 1.165) is 9.86 Å². The molecule has 6 nitrogen and oxygen atoms in total. The molecule has 1 N–H and O–H groups in total. The van der Waals surface area contributed by atoms with Gasteiger partial charge in [0, 0.05) is 38.6 Å². The molecule has 1 aliphatic rings. The second-order valence-electron chi connectivity index (χ2n) is 5.51. The molecule has 0 unspecified atom stereocenters. The van der Waals surface area contributed by atoms with Crippen molar-refractivity contribution in [2.24, 2.45) is 0 Å². The molecule has 0 bridgehead atoms. The van der Waals surface area contributed by atoms with Crippen molar-refractivity contribution in [2.75, 3.05) is 39.8 Å². The smallest absolute Gasteiger partial charge is 0.289 e. The molecule has 7 heteroatoms. The summed E-state index contributed by atoms with van der Waals surface area (Å²) in [6.45, 7) is 2.92. The van der Waals surface area contributed by atoms with Crippen LogP contribution in [0.5, 0.6) is 0 Å². The van der Waals surface area contributed by atoms with Crippen LogP contribution in [0.4, 0.5) is 0 Å². The minimum absolute atomic E-state index is 0.00749. The molecule has 0 spiro atoms. The number of nitrogens with one attached hydrogen (secondary N) is 1. The van der Waals surface area contributed by atoms with E-state index in [-0.39, 0.29) is 11.8 Å². The zero-order chi connectivity index (χ0) is 16.4. The Morgan fingerprint density at radius 3 is 2.65 bits per heavy atom. The third kappa shape index (κ3) is 3.40. The quantitative estimate of drug-likeness (QED) is 0.881. The van der Waals surface area contributed by atoms with Gasteiger partial charge in [-0.05, 0) is 28.1 Å². The predicted octanol–water partition coefficient (Wildman–Crippen LogP) is 1.70. The molecule has 1 aromatic heterocycles. The minimum atomic E-state index is -0.104. The summed E-state index contributed by atoms with van der Waals surface area (Å²) >= 11 is 3.43. The summed E-state index contributed by atoms with van der Waals surface area (Å²) in [5.74, 6) is 0.242. The molecule has 2 aromatic rings. The van der Waals surface area contributed by atoms with Crippen LogP contribution in [0.25, 0.3) is 11.0 Å². The van der Waals surface area contributed by atoms with E-state index in [4.69, 9.17) is 4.42 Å². The number of benzene rings is 1. The van der Waals surface area contributed by atoms with Crippen LogP contribution in [0, 0.1) is 0 Å². The van der Waals surface area contributed by atoms with Gasteiger partial charge in [-0.3, -0.25) is 14.5 Å². The number of carbonyl (C=O) groups excluding carboxylic acids is 2. The zero-order valence-electron chi connectivity index (χ0n) is 12.8. The lowest BCUT2D eigenvalue weighted by Gasteiger charge is -2.33. The van der Waals surface area contributed by atoms with Crippen LogP contribution in [0.3, 0.4) is 0 Å². The summed E-state index contributed by atoms with van der Waals surface area (Å²) in [7, 11) is 1.63. The molecule has 0 saturated carbocycles. The molecule has 1 aliphatic heterocycles. The number of amides is 2. The maximum absolute atomic E-state index is 12.6. The first-order valence-corrected chi connectivity index (χ1v) is 8.28. The topological polar surface area (TPSA) is 65.8 Å². The minimum Gasteiger partial charge on any atom is -0.450 e. The number of piperazine rings is 1. The first kappa shape index (κ1) is 16.0.